The average Bonchev–Trinajstić information content (AvgIpc) is 2.60. The summed E-state index contributed by atoms with van der Waals surface area (Å²) in [5, 5.41) is 1.86. The van der Waals surface area contributed by atoms with Crippen LogP contribution in [-0.4, -0.2) is 9.55 Å². The normalized spacial score (nSPS) is 10.6. The fraction of sp³-hybridized carbons (Fsp3) is 0.111. The Labute approximate surface area is 101 Å². The lowest BCUT2D eigenvalue weighted by molar-refractivity contribution is 0.567. The molecule has 0 aromatic carbocycles. The summed E-state index contributed by atoms with van der Waals surface area (Å²) < 4.78 is 15.0. The van der Waals surface area contributed by atoms with Gasteiger partial charge in [-0.2, -0.15) is 4.39 Å². The van der Waals surface area contributed by atoms with E-state index < -0.39 is 17.1 Å². The molecule has 1 N–H and O–H groups in total. The van der Waals surface area contributed by atoms with E-state index in [0.29, 0.717) is 0 Å². The lowest BCUT2D eigenvalue weighted by atomic mass is 10.4. The second-order valence-corrected chi connectivity index (χ2v) is 5.01. The van der Waals surface area contributed by atoms with E-state index in [9.17, 15) is 14.0 Å². The summed E-state index contributed by atoms with van der Waals surface area (Å²) in [7, 11) is 0. The van der Waals surface area contributed by atoms with Gasteiger partial charge in [-0.3, -0.25) is 14.3 Å². The van der Waals surface area contributed by atoms with Crippen molar-refractivity contribution in [3.63, 3.8) is 0 Å². The summed E-state index contributed by atoms with van der Waals surface area (Å²) in [4.78, 5) is 24.9. The molecule has 0 radical (unpaired) electrons. The second-order valence-electron chi connectivity index (χ2n) is 3.10. The molecule has 0 aliphatic rings. The third kappa shape index (κ3) is 2.30. The molecule has 0 aliphatic heterocycles. The zero-order valence-corrected chi connectivity index (χ0v) is 10.3. The van der Waals surface area contributed by atoms with Crippen LogP contribution in [0.2, 0.25) is 0 Å². The Balaban J connectivity index is 2.39. The van der Waals surface area contributed by atoms with Crippen LogP contribution in [0, 0.1) is 5.82 Å². The SMILES string of the molecule is O=c1[nH]c(=O)n(Cc2cc(Br)cs2)cc1F. The van der Waals surface area contributed by atoms with E-state index in [1.807, 2.05) is 16.4 Å². The van der Waals surface area contributed by atoms with Gasteiger partial charge in [0, 0.05) is 14.7 Å². The van der Waals surface area contributed by atoms with Crippen molar-refractivity contribution in [3.05, 3.63) is 53.6 Å². The van der Waals surface area contributed by atoms with Crippen molar-refractivity contribution < 1.29 is 4.39 Å². The highest BCUT2D eigenvalue weighted by molar-refractivity contribution is 9.10. The highest BCUT2D eigenvalue weighted by Crippen LogP contribution is 2.19. The Kier molecular flexibility index (Phi) is 3.06. The van der Waals surface area contributed by atoms with Gasteiger partial charge in [-0.05, 0) is 22.0 Å². The van der Waals surface area contributed by atoms with Gasteiger partial charge in [0.05, 0.1) is 12.7 Å². The van der Waals surface area contributed by atoms with Crippen LogP contribution in [0.3, 0.4) is 0 Å². The van der Waals surface area contributed by atoms with E-state index >= 15 is 0 Å². The summed E-state index contributed by atoms with van der Waals surface area (Å²) in [5.74, 6) is -0.963. The smallest absolute Gasteiger partial charge is 0.292 e. The topological polar surface area (TPSA) is 54.9 Å². The summed E-state index contributed by atoms with van der Waals surface area (Å²) in [6.45, 7) is 0.239. The first-order chi connectivity index (χ1) is 7.56. The van der Waals surface area contributed by atoms with Crippen LogP contribution in [0.5, 0.6) is 0 Å². The second kappa shape index (κ2) is 4.34. The third-order valence-electron chi connectivity index (χ3n) is 1.92. The van der Waals surface area contributed by atoms with E-state index in [2.05, 4.69) is 15.9 Å². The fourth-order valence-corrected chi connectivity index (χ4v) is 2.65. The minimum absolute atomic E-state index is 0.239. The number of rotatable bonds is 2. The maximum absolute atomic E-state index is 13.0. The highest BCUT2D eigenvalue weighted by atomic mass is 79.9. The molecule has 0 atom stereocenters. The lowest BCUT2D eigenvalue weighted by Gasteiger charge is -2.01. The van der Waals surface area contributed by atoms with Gasteiger partial charge in [0.2, 0.25) is 5.82 Å². The molecule has 2 aromatic rings. The summed E-state index contributed by atoms with van der Waals surface area (Å²) in [6.07, 6.45) is 0.911. The predicted octanol–water partition coefficient (Wildman–Crippen LogP) is 1.55. The Morgan fingerprint density at radius 3 is 2.88 bits per heavy atom. The molecule has 0 saturated carbocycles. The number of aromatic nitrogens is 2. The zero-order valence-electron chi connectivity index (χ0n) is 7.87. The van der Waals surface area contributed by atoms with Gasteiger partial charge in [-0.25, -0.2) is 4.79 Å². The van der Waals surface area contributed by atoms with Gasteiger partial charge in [0.25, 0.3) is 5.56 Å². The number of hydrogen-bond donors (Lipinski definition) is 1. The minimum Gasteiger partial charge on any atom is -0.292 e. The molecular weight excluding hydrogens is 299 g/mol. The average molecular weight is 305 g/mol. The van der Waals surface area contributed by atoms with Crippen LogP contribution in [0.25, 0.3) is 0 Å². The van der Waals surface area contributed by atoms with Gasteiger partial charge < -0.3 is 0 Å². The maximum atomic E-state index is 13.0. The first kappa shape index (κ1) is 11.3. The molecule has 7 heteroatoms. The number of thiophene rings is 1. The standard InChI is InChI=1S/C9H6BrFN2O2S/c10-5-1-6(16-4-5)2-13-3-7(11)8(14)12-9(13)15/h1,3-4H,2H2,(H,12,14,15). The van der Waals surface area contributed by atoms with E-state index in [4.69, 9.17) is 0 Å². The van der Waals surface area contributed by atoms with Crippen molar-refractivity contribution in [1.82, 2.24) is 9.55 Å². The van der Waals surface area contributed by atoms with Gasteiger partial charge in [0.15, 0.2) is 0 Å². The van der Waals surface area contributed by atoms with Crippen LogP contribution in [0.1, 0.15) is 4.88 Å². The van der Waals surface area contributed by atoms with E-state index in [1.54, 1.807) is 0 Å². The number of nitrogens with one attached hydrogen (secondary N) is 1. The Morgan fingerprint density at radius 2 is 2.25 bits per heavy atom. The van der Waals surface area contributed by atoms with Crippen LogP contribution >= 0.6 is 27.3 Å². The highest BCUT2D eigenvalue weighted by Gasteiger charge is 2.05. The Bertz CT molecular complexity index is 631. The molecule has 4 nitrogen and oxygen atoms in total. The quantitative estimate of drug-likeness (QED) is 0.915. The Hall–Kier alpha value is -1.21. The molecule has 2 heterocycles. The number of aromatic amines is 1. The molecule has 0 saturated heterocycles. The molecule has 0 bridgehead atoms. The molecule has 16 heavy (non-hydrogen) atoms. The largest absolute Gasteiger partial charge is 0.328 e. The van der Waals surface area contributed by atoms with Gasteiger partial charge in [-0.1, -0.05) is 0 Å². The predicted molar refractivity (Wildman–Crippen MR) is 62.4 cm³/mol. The Morgan fingerprint density at radius 1 is 1.50 bits per heavy atom. The summed E-state index contributed by atoms with van der Waals surface area (Å²) in [5.41, 5.74) is -1.61. The molecule has 0 amide bonds. The molecule has 0 unspecified atom stereocenters. The first-order valence-electron chi connectivity index (χ1n) is 4.28. The molecular formula is C9H6BrFN2O2S. The van der Waals surface area contributed by atoms with Crippen molar-refractivity contribution >= 4 is 27.3 Å². The van der Waals surface area contributed by atoms with Crippen molar-refractivity contribution in [2.24, 2.45) is 0 Å². The molecule has 0 fully saturated rings. The van der Waals surface area contributed by atoms with E-state index in [-0.39, 0.29) is 6.54 Å². The number of halogens is 2. The van der Waals surface area contributed by atoms with Crippen LogP contribution < -0.4 is 11.2 Å². The first-order valence-corrected chi connectivity index (χ1v) is 5.95. The monoisotopic (exact) mass is 304 g/mol. The summed E-state index contributed by atoms with van der Waals surface area (Å²) in [6, 6.07) is 1.83. The lowest BCUT2D eigenvalue weighted by Crippen LogP contribution is -2.31. The minimum atomic E-state index is -0.992. The fourth-order valence-electron chi connectivity index (χ4n) is 1.20. The van der Waals surface area contributed by atoms with Crippen molar-refractivity contribution in [3.8, 4) is 0 Å². The number of hydrogen-bond acceptors (Lipinski definition) is 3. The summed E-state index contributed by atoms with van der Waals surface area (Å²) >= 11 is 4.72. The van der Waals surface area contributed by atoms with Crippen LogP contribution in [0.4, 0.5) is 4.39 Å². The van der Waals surface area contributed by atoms with Crippen molar-refractivity contribution in [1.29, 1.82) is 0 Å². The molecule has 2 rings (SSSR count). The molecule has 0 aliphatic carbocycles. The van der Waals surface area contributed by atoms with Crippen LogP contribution in [-0.2, 0) is 6.54 Å². The molecule has 2 aromatic heterocycles. The zero-order chi connectivity index (χ0) is 11.7. The number of H-pyrrole nitrogens is 1. The number of nitrogens with zero attached hydrogens (tertiary/aromatic N) is 1. The van der Waals surface area contributed by atoms with Crippen LogP contribution in [0.15, 0.2) is 31.7 Å². The van der Waals surface area contributed by atoms with Crippen molar-refractivity contribution in [2.75, 3.05) is 0 Å². The van der Waals surface area contributed by atoms with Gasteiger partial charge >= 0.3 is 5.69 Å². The van der Waals surface area contributed by atoms with E-state index in [1.165, 1.54) is 11.3 Å². The molecule has 0 spiro atoms. The van der Waals surface area contributed by atoms with Gasteiger partial charge in [-0.15, -0.1) is 11.3 Å². The van der Waals surface area contributed by atoms with Crippen molar-refractivity contribution in [2.45, 2.75) is 6.54 Å². The van der Waals surface area contributed by atoms with Gasteiger partial charge in [0.1, 0.15) is 0 Å². The maximum Gasteiger partial charge on any atom is 0.328 e. The third-order valence-corrected chi connectivity index (χ3v) is 3.60. The van der Waals surface area contributed by atoms with E-state index in [0.717, 1.165) is 20.1 Å². The molecule has 84 valence electrons.